The number of fused-ring (bicyclic) bond motifs is 1. The highest BCUT2D eigenvalue weighted by molar-refractivity contribution is 6.00. The predicted molar refractivity (Wildman–Crippen MR) is 78.5 cm³/mol. The Morgan fingerprint density at radius 2 is 1.86 bits per heavy atom. The molecule has 1 heterocycles. The number of nitrogens with zero attached hydrogens (tertiary/aromatic N) is 1. The first-order valence-corrected chi connectivity index (χ1v) is 6.44. The second kappa shape index (κ2) is 5.20. The molecule has 0 fully saturated rings. The number of benzene rings is 2. The maximum absolute atomic E-state index is 12.3. The number of phenols is 1. The van der Waals surface area contributed by atoms with Gasteiger partial charge in [0.25, 0.3) is 0 Å². The van der Waals surface area contributed by atoms with E-state index in [1.165, 1.54) is 6.07 Å². The molecule has 0 radical (unpaired) electrons. The van der Waals surface area contributed by atoms with E-state index in [-0.39, 0.29) is 18.0 Å². The molecule has 5 heteroatoms. The molecule has 0 saturated carbocycles. The molecule has 3 aromatic rings. The minimum atomic E-state index is -0.538. The number of H-pyrrole nitrogens is 1. The van der Waals surface area contributed by atoms with Gasteiger partial charge in [0, 0.05) is 11.3 Å². The third-order valence-corrected chi connectivity index (χ3v) is 3.24. The van der Waals surface area contributed by atoms with Crippen molar-refractivity contribution in [3.8, 4) is 5.75 Å². The number of ketones is 1. The second-order valence-corrected chi connectivity index (χ2v) is 4.66. The van der Waals surface area contributed by atoms with Crippen molar-refractivity contribution >= 4 is 16.7 Å². The molecule has 21 heavy (non-hydrogen) atoms. The molecule has 0 saturated heterocycles. The van der Waals surface area contributed by atoms with Gasteiger partial charge in [0.2, 0.25) is 0 Å². The van der Waals surface area contributed by atoms with Gasteiger partial charge in [-0.3, -0.25) is 4.79 Å². The molecular weight excluding hydrogens is 268 g/mol. The van der Waals surface area contributed by atoms with Crippen LogP contribution in [0.3, 0.4) is 0 Å². The van der Waals surface area contributed by atoms with Crippen molar-refractivity contribution in [1.82, 2.24) is 9.97 Å². The van der Waals surface area contributed by atoms with Crippen LogP contribution >= 0.6 is 0 Å². The van der Waals surface area contributed by atoms with Gasteiger partial charge in [-0.05, 0) is 12.1 Å². The zero-order valence-electron chi connectivity index (χ0n) is 11.0. The van der Waals surface area contributed by atoms with E-state index in [1.807, 2.05) is 6.07 Å². The smallest absolute Gasteiger partial charge is 0.345 e. The van der Waals surface area contributed by atoms with Gasteiger partial charge in [-0.1, -0.05) is 36.4 Å². The SMILES string of the molecule is O=C(Cc1[nH]c(=O)nc2cccc(O)c12)c1ccccc1. The lowest BCUT2D eigenvalue weighted by Gasteiger charge is -2.07. The first-order chi connectivity index (χ1) is 10.1. The lowest BCUT2D eigenvalue weighted by Crippen LogP contribution is -2.16. The number of phenolic OH excluding ortho intramolecular Hbond substituents is 1. The summed E-state index contributed by atoms with van der Waals surface area (Å²) >= 11 is 0. The third kappa shape index (κ3) is 2.53. The third-order valence-electron chi connectivity index (χ3n) is 3.24. The molecule has 2 aromatic carbocycles. The molecule has 0 aliphatic carbocycles. The molecule has 0 unspecified atom stereocenters. The summed E-state index contributed by atoms with van der Waals surface area (Å²) < 4.78 is 0. The maximum atomic E-state index is 12.3. The molecule has 0 aliphatic heterocycles. The number of aromatic hydroxyl groups is 1. The zero-order valence-corrected chi connectivity index (χ0v) is 11.0. The Morgan fingerprint density at radius 3 is 2.62 bits per heavy atom. The predicted octanol–water partition coefficient (Wildman–Crippen LogP) is 2.05. The first-order valence-electron chi connectivity index (χ1n) is 6.44. The van der Waals surface area contributed by atoms with E-state index >= 15 is 0 Å². The van der Waals surface area contributed by atoms with Gasteiger partial charge in [0.1, 0.15) is 5.75 Å². The molecule has 0 bridgehead atoms. The van der Waals surface area contributed by atoms with E-state index in [4.69, 9.17) is 0 Å². The van der Waals surface area contributed by atoms with Crippen LogP contribution in [0.5, 0.6) is 5.75 Å². The number of aromatic nitrogens is 2. The van der Waals surface area contributed by atoms with Gasteiger partial charge >= 0.3 is 5.69 Å². The number of rotatable bonds is 3. The summed E-state index contributed by atoms with van der Waals surface area (Å²) in [6.07, 6.45) is -0.00412. The summed E-state index contributed by atoms with van der Waals surface area (Å²) in [7, 11) is 0. The van der Waals surface area contributed by atoms with E-state index < -0.39 is 5.69 Å². The van der Waals surface area contributed by atoms with Crippen LogP contribution in [0.15, 0.2) is 53.3 Å². The minimum Gasteiger partial charge on any atom is -0.507 e. The fourth-order valence-electron chi connectivity index (χ4n) is 2.28. The highest BCUT2D eigenvalue weighted by Gasteiger charge is 2.13. The number of carbonyl (C=O) groups is 1. The quantitative estimate of drug-likeness (QED) is 0.719. The average Bonchev–Trinajstić information content (AvgIpc) is 2.47. The van der Waals surface area contributed by atoms with Crippen LogP contribution in [0.4, 0.5) is 0 Å². The monoisotopic (exact) mass is 280 g/mol. The van der Waals surface area contributed by atoms with E-state index in [0.717, 1.165) is 0 Å². The van der Waals surface area contributed by atoms with Crippen LogP contribution in [0.1, 0.15) is 16.1 Å². The average molecular weight is 280 g/mol. The normalized spacial score (nSPS) is 10.7. The van der Waals surface area contributed by atoms with Crippen molar-refractivity contribution in [3.63, 3.8) is 0 Å². The van der Waals surface area contributed by atoms with E-state index in [1.54, 1.807) is 36.4 Å². The molecule has 0 amide bonds. The fourth-order valence-corrected chi connectivity index (χ4v) is 2.28. The van der Waals surface area contributed by atoms with Crippen LogP contribution in [0, 0.1) is 0 Å². The number of Topliss-reactive ketones (excluding diaryl/α,β-unsaturated/α-hetero) is 1. The molecule has 0 spiro atoms. The number of carbonyl (C=O) groups excluding carboxylic acids is 1. The maximum Gasteiger partial charge on any atom is 0.345 e. The van der Waals surface area contributed by atoms with Crippen molar-refractivity contribution in [2.24, 2.45) is 0 Å². The standard InChI is InChI=1S/C16H12N2O3/c19-13-8-4-7-11-15(13)12(18-16(21)17-11)9-14(20)10-5-2-1-3-6-10/h1-8,19H,9H2,(H,17,18,21). The van der Waals surface area contributed by atoms with Crippen LogP contribution < -0.4 is 5.69 Å². The molecule has 3 rings (SSSR count). The van der Waals surface area contributed by atoms with E-state index in [2.05, 4.69) is 9.97 Å². The van der Waals surface area contributed by atoms with Crippen molar-refractivity contribution < 1.29 is 9.90 Å². The number of nitrogens with one attached hydrogen (secondary N) is 1. The molecule has 104 valence electrons. The van der Waals surface area contributed by atoms with Crippen LogP contribution in [-0.4, -0.2) is 20.9 Å². The first kappa shape index (κ1) is 13.1. The van der Waals surface area contributed by atoms with Gasteiger partial charge in [-0.15, -0.1) is 0 Å². The van der Waals surface area contributed by atoms with Gasteiger partial charge < -0.3 is 10.1 Å². The number of aromatic amines is 1. The Balaban J connectivity index is 2.09. The van der Waals surface area contributed by atoms with Crippen molar-refractivity contribution in [2.45, 2.75) is 6.42 Å². The lowest BCUT2D eigenvalue weighted by molar-refractivity contribution is 0.0992. The molecule has 2 N–H and O–H groups in total. The van der Waals surface area contributed by atoms with Crippen molar-refractivity contribution in [1.29, 1.82) is 0 Å². The van der Waals surface area contributed by atoms with Gasteiger partial charge in [0.15, 0.2) is 5.78 Å². The van der Waals surface area contributed by atoms with E-state index in [0.29, 0.717) is 22.2 Å². The zero-order chi connectivity index (χ0) is 14.8. The lowest BCUT2D eigenvalue weighted by atomic mass is 10.0. The Morgan fingerprint density at radius 1 is 1.10 bits per heavy atom. The van der Waals surface area contributed by atoms with Crippen LogP contribution in [0.25, 0.3) is 10.9 Å². The summed E-state index contributed by atoms with van der Waals surface area (Å²) in [5.74, 6) is -0.144. The Bertz CT molecular complexity index is 870. The van der Waals surface area contributed by atoms with Gasteiger partial charge in [-0.25, -0.2) is 4.79 Å². The Labute approximate surface area is 119 Å². The topological polar surface area (TPSA) is 83.0 Å². The molecule has 0 aliphatic rings. The highest BCUT2D eigenvalue weighted by atomic mass is 16.3. The summed E-state index contributed by atoms with van der Waals surface area (Å²) in [6.45, 7) is 0. The van der Waals surface area contributed by atoms with Gasteiger partial charge in [-0.2, -0.15) is 4.98 Å². The minimum absolute atomic E-state index is 0.00412. The molecule has 1 aromatic heterocycles. The van der Waals surface area contributed by atoms with Crippen LogP contribution in [0.2, 0.25) is 0 Å². The Kier molecular flexibility index (Phi) is 3.23. The second-order valence-electron chi connectivity index (χ2n) is 4.66. The molecule has 0 atom stereocenters. The number of hydrogen-bond acceptors (Lipinski definition) is 4. The largest absolute Gasteiger partial charge is 0.507 e. The van der Waals surface area contributed by atoms with Gasteiger partial charge in [0.05, 0.1) is 17.3 Å². The molecule has 5 nitrogen and oxygen atoms in total. The highest BCUT2D eigenvalue weighted by Crippen LogP contribution is 2.25. The summed E-state index contributed by atoms with van der Waals surface area (Å²) in [5.41, 5.74) is 0.759. The Hall–Kier alpha value is -2.95. The summed E-state index contributed by atoms with van der Waals surface area (Å²) in [6, 6.07) is 13.5. The number of hydrogen-bond donors (Lipinski definition) is 2. The van der Waals surface area contributed by atoms with Crippen LogP contribution in [-0.2, 0) is 6.42 Å². The van der Waals surface area contributed by atoms with Crippen molar-refractivity contribution in [3.05, 3.63) is 70.3 Å². The summed E-state index contributed by atoms with van der Waals surface area (Å²) in [4.78, 5) is 30.2. The summed E-state index contributed by atoms with van der Waals surface area (Å²) in [5, 5.41) is 10.4. The fraction of sp³-hybridized carbons (Fsp3) is 0.0625. The van der Waals surface area contributed by atoms with Crippen molar-refractivity contribution in [2.75, 3.05) is 0 Å². The van der Waals surface area contributed by atoms with E-state index in [9.17, 15) is 14.7 Å². The molecular formula is C16H12N2O3.